The number of benzene rings is 1. The molecule has 0 atom stereocenters. The van der Waals surface area contributed by atoms with Gasteiger partial charge in [0.2, 0.25) is 0 Å². The molecule has 0 fully saturated rings. The van der Waals surface area contributed by atoms with Gasteiger partial charge in [0.1, 0.15) is 5.75 Å². The first-order valence-corrected chi connectivity index (χ1v) is 10.6. The van der Waals surface area contributed by atoms with E-state index in [1.54, 1.807) is 29.6 Å². The SMILES string of the molecule is COc1ccc(Cl)cc1NC(=O)c1nn2c(C(F)(F)F)cc(-c3cccs3)nc2c1Br. The predicted molar refractivity (Wildman–Crippen MR) is 115 cm³/mol. The van der Waals surface area contributed by atoms with E-state index in [0.29, 0.717) is 20.2 Å². The maximum Gasteiger partial charge on any atom is 0.433 e. The van der Waals surface area contributed by atoms with Gasteiger partial charge in [-0.3, -0.25) is 4.79 Å². The lowest BCUT2D eigenvalue weighted by Crippen LogP contribution is -2.16. The number of aromatic nitrogens is 3. The van der Waals surface area contributed by atoms with Crippen LogP contribution in [0.3, 0.4) is 0 Å². The molecule has 4 aromatic rings. The number of hydrogen-bond acceptors (Lipinski definition) is 5. The number of halogens is 5. The van der Waals surface area contributed by atoms with E-state index in [1.165, 1.54) is 24.5 Å². The number of ether oxygens (including phenoxy) is 1. The average Bonchev–Trinajstić information content (AvgIpc) is 3.35. The average molecular weight is 532 g/mol. The van der Waals surface area contributed by atoms with Crippen molar-refractivity contribution < 1.29 is 22.7 Å². The lowest BCUT2D eigenvalue weighted by atomic mass is 10.2. The Hall–Kier alpha value is -2.63. The Morgan fingerprint density at radius 1 is 1.29 bits per heavy atom. The summed E-state index contributed by atoms with van der Waals surface area (Å²) in [5, 5.41) is 8.51. The zero-order valence-corrected chi connectivity index (χ0v) is 18.7. The Morgan fingerprint density at radius 3 is 2.71 bits per heavy atom. The summed E-state index contributed by atoms with van der Waals surface area (Å²) < 4.78 is 47.0. The molecule has 0 aliphatic heterocycles. The maximum absolute atomic E-state index is 13.7. The van der Waals surface area contributed by atoms with E-state index >= 15 is 0 Å². The number of alkyl halides is 3. The third kappa shape index (κ3) is 4.12. The Balaban J connectivity index is 1.84. The third-order valence-electron chi connectivity index (χ3n) is 4.22. The number of anilines is 1. The highest BCUT2D eigenvalue weighted by Crippen LogP contribution is 2.36. The standard InChI is InChI=1S/C19H11BrClF3N4O2S/c1-30-12-5-4-9(21)7-10(12)26-18(29)16-15(20)17-25-11(13-3-2-6-31-13)8-14(19(22,23)24)28(17)27-16/h2-8H,1H3,(H,26,29). The molecule has 4 rings (SSSR count). The molecule has 0 aliphatic carbocycles. The highest BCUT2D eigenvalue weighted by Gasteiger charge is 2.36. The van der Waals surface area contributed by atoms with Crippen molar-refractivity contribution in [1.29, 1.82) is 0 Å². The molecule has 0 bridgehead atoms. The molecule has 0 radical (unpaired) electrons. The van der Waals surface area contributed by atoms with Crippen molar-refractivity contribution in [3.05, 3.63) is 62.7 Å². The number of carbonyl (C=O) groups excluding carboxylic acids is 1. The van der Waals surface area contributed by atoms with Crippen LogP contribution in [-0.2, 0) is 6.18 Å². The van der Waals surface area contributed by atoms with Gasteiger partial charge < -0.3 is 10.1 Å². The van der Waals surface area contributed by atoms with Gasteiger partial charge in [0.15, 0.2) is 17.0 Å². The lowest BCUT2D eigenvalue weighted by Gasteiger charge is -2.10. The van der Waals surface area contributed by atoms with Crippen molar-refractivity contribution in [1.82, 2.24) is 14.6 Å². The van der Waals surface area contributed by atoms with Crippen LogP contribution in [0.4, 0.5) is 18.9 Å². The molecule has 0 saturated heterocycles. The first-order chi connectivity index (χ1) is 14.7. The summed E-state index contributed by atoms with van der Waals surface area (Å²) in [5.41, 5.74) is -1.10. The number of nitrogens with one attached hydrogen (secondary N) is 1. The van der Waals surface area contributed by atoms with E-state index in [4.69, 9.17) is 16.3 Å². The number of methoxy groups -OCH3 is 1. The number of nitrogens with zero attached hydrogens (tertiary/aromatic N) is 3. The monoisotopic (exact) mass is 530 g/mol. The molecule has 12 heteroatoms. The summed E-state index contributed by atoms with van der Waals surface area (Å²) in [7, 11) is 1.41. The van der Waals surface area contributed by atoms with Crippen LogP contribution in [0.25, 0.3) is 16.2 Å². The highest BCUT2D eigenvalue weighted by atomic mass is 79.9. The molecule has 6 nitrogen and oxygen atoms in total. The summed E-state index contributed by atoms with van der Waals surface area (Å²) in [6, 6.07) is 8.85. The summed E-state index contributed by atoms with van der Waals surface area (Å²) in [6.07, 6.45) is -4.72. The second-order valence-corrected chi connectivity index (χ2v) is 8.38. The molecule has 3 heterocycles. The number of carbonyl (C=O) groups is 1. The largest absolute Gasteiger partial charge is 0.495 e. The molecule has 31 heavy (non-hydrogen) atoms. The number of amides is 1. The van der Waals surface area contributed by atoms with E-state index in [9.17, 15) is 18.0 Å². The van der Waals surface area contributed by atoms with Gasteiger partial charge in [0, 0.05) is 5.02 Å². The molecule has 0 spiro atoms. The van der Waals surface area contributed by atoms with Crippen molar-refractivity contribution in [2.75, 3.05) is 12.4 Å². The minimum absolute atomic E-state index is 0.0231. The van der Waals surface area contributed by atoms with Gasteiger partial charge in [0.25, 0.3) is 5.91 Å². The van der Waals surface area contributed by atoms with Crippen LogP contribution in [0.15, 0.2) is 46.3 Å². The van der Waals surface area contributed by atoms with Crippen LogP contribution in [0.2, 0.25) is 5.02 Å². The molecule has 3 aromatic heterocycles. The van der Waals surface area contributed by atoms with Crippen molar-refractivity contribution in [3.63, 3.8) is 0 Å². The van der Waals surface area contributed by atoms with Crippen molar-refractivity contribution in [2.24, 2.45) is 0 Å². The van der Waals surface area contributed by atoms with E-state index in [2.05, 4.69) is 31.3 Å². The van der Waals surface area contributed by atoms with E-state index in [0.717, 1.165) is 6.07 Å². The lowest BCUT2D eigenvalue weighted by molar-refractivity contribution is -0.142. The number of fused-ring (bicyclic) bond motifs is 1. The fourth-order valence-electron chi connectivity index (χ4n) is 2.85. The summed E-state index contributed by atoms with van der Waals surface area (Å²) in [5.74, 6) is -0.435. The van der Waals surface area contributed by atoms with E-state index in [1.807, 2.05) is 0 Å². The van der Waals surface area contributed by atoms with Crippen LogP contribution < -0.4 is 10.1 Å². The topological polar surface area (TPSA) is 68.5 Å². The van der Waals surface area contributed by atoms with Crippen molar-refractivity contribution >= 4 is 56.1 Å². The Bertz CT molecular complexity index is 1290. The predicted octanol–water partition coefficient (Wildman–Crippen LogP) is 6.15. The third-order valence-corrected chi connectivity index (χ3v) is 6.08. The Labute approximate surface area is 190 Å². The maximum atomic E-state index is 13.7. The zero-order valence-electron chi connectivity index (χ0n) is 15.5. The molecule has 1 amide bonds. The molecule has 0 unspecified atom stereocenters. The number of hydrogen-bond donors (Lipinski definition) is 1. The first-order valence-electron chi connectivity index (χ1n) is 8.54. The van der Waals surface area contributed by atoms with Gasteiger partial charge in [-0.25, -0.2) is 9.50 Å². The molecule has 1 aromatic carbocycles. The quantitative estimate of drug-likeness (QED) is 0.343. The zero-order chi connectivity index (χ0) is 22.3. The van der Waals surface area contributed by atoms with Gasteiger partial charge in [-0.1, -0.05) is 17.7 Å². The first kappa shape index (κ1) is 21.6. The fraction of sp³-hybridized carbons (Fsp3) is 0.105. The fourth-order valence-corrected chi connectivity index (χ4v) is 4.22. The molecule has 0 saturated carbocycles. The normalized spacial score (nSPS) is 11.7. The minimum atomic E-state index is -4.72. The second-order valence-electron chi connectivity index (χ2n) is 6.20. The Kier molecular flexibility index (Phi) is 5.67. The Morgan fingerprint density at radius 2 is 2.06 bits per heavy atom. The van der Waals surface area contributed by atoms with Crippen LogP contribution in [0, 0.1) is 0 Å². The van der Waals surface area contributed by atoms with Crippen molar-refractivity contribution in [3.8, 4) is 16.3 Å². The van der Waals surface area contributed by atoms with E-state index in [-0.39, 0.29) is 27.2 Å². The van der Waals surface area contributed by atoms with Crippen LogP contribution >= 0.6 is 38.9 Å². The van der Waals surface area contributed by atoms with Gasteiger partial charge in [0.05, 0.1) is 27.8 Å². The summed E-state index contributed by atoms with van der Waals surface area (Å²) in [4.78, 5) is 17.7. The summed E-state index contributed by atoms with van der Waals surface area (Å²) in [6.45, 7) is 0. The smallest absolute Gasteiger partial charge is 0.433 e. The minimum Gasteiger partial charge on any atom is -0.495 e. The molecule has 1 N–H and O–H groups in total. The van der Waals surface area contributed by atoms with Crippen LogP contribution in [0.1, 0.15) is 16.2 Å². The number of thiophene rings is 1. The van der Waals surface area contributed by atoms with E-state index < -0.39 is 17.8 Å². The molecular weight excluding hydrogens is 521 g/mol. The van der Waals surface area contributed by atoms with Gasteiger partial charge in [-0.05, 0) is 51.6 Å². The van der Waals surface area contributed by atoms with Crippen molar-refractivity contribution in [2.45, 2.75) is 6.18 Å². The van der Waals surface area contributed by atoms with Gasteiger partial charge in [-0.15, -0.1) is 11.3 Å². The van der Waals surface area contributed by atoms with Crippen LogP contribution in [-0.4, -0.2) is 27.6 Å². The number of rotatable bonds is 4. The molecular formula is C19H11BrClF3N4O2S. The summed E-state index contributed by atoms with van der Waals surface area (Å²) >= 11 is 10.4. The second kappa shape index (κ2) is 8.13. The van der Waals surface area contributed by atoms with Gasteiger partial charge >= 0.3 is 6.18 Å². The van der Waals surface area contributed by atoms with Gasteiger partial charge in [-0.2, -0.15) is 18.3 Å². The highest BCUT2D eigenvalue weighted by molar-refractivity contribution is 9.10. The molecule has 160 valence electrons. The van der Waals surface area contributed by atoms with Crippen LogP contribution in [0.5, 0.6) is 5.75 Å². The molecule has 0 aliphatic rings.